The molecular formula is C23H20N6OS. The normalized spacial score (nSPS) is 12.5. The first-order valence-electron chi connectivity index (χ1n) is 9.99. The molecule has 0 radical (unpaired) electrons. The molecule has 5 aromatic rings. The van der Waals surface area contributed by atoms with Gasteiger partial charge in [0.2, 0.25) is 0 Å². The van der Waals surface area contributed by atoms with Crippen molar-refractivity contribution in [3.63, 3.8) is 0 Å². The third kappa shape index (κ3) is 3.48. The summed E-state index contributed by atoms with van der Waals surface area (Å²) in [6.07, 6.45) is 3.74. The van der Waals surface area contributed by atoms with Crippen molar-refractivity contribution in [2.24, 2.45) is 0 Å². The number of hydrogen-bond acceptors (Lipinski definition) is 6. The van der Waals surface area contributed by atoms with Crippen molar-refractivity contribution in [3.8, 4) is 0 Å². The van der Waals surface area contributed by atoms with Crippen molar-refractivity contribution in [2.75, 3.05) is 0 Å². The zero-order valence-corrected chi connectivity index (χ0v) is 17.8. The smallest absolute Gasteiger partial charge is 0.261 e. The summed E-state index contributed by atoms with van der Waals surface area (Å²) < 4.78 is 1.73. The van der Waals surface area contributed by atoms with E-state index in [0.29, 0.717) is 46.6 Å². The maximum atomic E-state index is 13.6. The molecule has 0 bridgehead atoms. The first-order valence-corrected chi connectivity index (χ1v) is 10.5. The van der Waals surface area contributed by atoms with Crippen LogP contribution >= 0.6 is 12.6 Å². The molecule has 0 saturated carbocycles. The summed E-state index contributed by atoms with van der Waals surface area (Å²) in [5.41, 5.74) is 4.53. The van der Waals surface area contributed by atoms with Crippen molar-refractivity contribution < 1.29 is 0 Å². The van der Waals surface area contributed by atoms with Crippen molar-refractivity contribution in [2.45, 2.75) is 25.1 Å². The van der Waals surface area contributed by atoms with Crippen LogP contribution in [0.25, 0.3) is 22.1 Å². The van der Waals surface area contributed by atoms with Gasteiger partial charge < -0.3 is 4.98 Å². The lowest BCUT2D eigenvalue weighted by atomic mass is 10.1. The second-order valence-electron chi connectivity index (χ2n) is 7.39. The molecule has 0 aliphatic heterocycles. The van der Waals surface area contributed by atoms with E-state index in [1.165, 1.54) is 6.33 Å². The maximum absolute atomic E-state index is 13.6. The monoisotopic (exact) mass is 428 g/mol. The minimum absolute atomic E-state index is 0.0667. The molecule has 7 nitrogen and oxygen atoms in total. The number of aromatic amines is 1. The predicted octanol–water partition coefficient (Wildman–Crippen LogP) is 3.63. The van der Waals surface area contributed by atoms with Crippen LogP contribution in [0.3, 0.4) is 0 Å². The van der Waals surface area contributed by atoms with E-state index < -0.39 is 5.25 Å². The molecule has 0 spiro atoms. The van der Waals surface area contributed by atoms with E-state index >= 15 is 0 Å². The summed E-state index contributed by atoms with van der Waals surface area (Å²) in [5, 5.41) is 0.105. The summed E-state index contributed by atoms with van der Waals surface area (Å²) in [4.78, 5) is 34.3. The van der Waals surface area contributed by atoms with Crippen LogP contribution in [0.5, 0.6) is 0 Å². The predicted molar refractivity (Wildman–Crippen MR) is 123 cm³/mol. The SMILES string of the molecule is Cc1cccc2nc(C(S)c3ncnc4nc[nH]c34)n(CCc3ccccc3)c(=O)c12. The van der Waals surface area contributed by atoms with Gasteiger partial charge >= 0.3 is 0 Å². The third-order valence-electron chi connectivity index (χ3n) is 5.44. The number of hydrogen-bond donors (Lipinski definition) is 2. The lowest BCUT2D eigenvalue weighted by molar-refractivity contribution is 0.622. The Bertz CT molecular complexity index is 1440. The second kappa shape index (κ2) is 7.96. The zero-order valence-electron chi connectivity index (χ0n) is 16.9. The maximum Gasteiger partial charge on any atom is 0.261 e. The topological polar surface area (TPSA) is 89.3 Å². The molecule has 31 heavy (non-hydrogen) atoms. The summed E-state index contributed by atoms with van der Waals surface area (Å²) in [5.74, 6) is 0.553. The van der Waals surface area contributed by atoms with Gasteiger partial charge in [0.1, 0.15) is 22.9 Å². The van der Waals surface area contributed by atoms with Gasteiger partial charge in [-0.25, -0.2) is 19.9 Å². The van der Waals surface area contributed by atoms with E-state index in [4.69, 9.17) is 17.6 Å². The molecule has 154 valence electrons. The number of aryl methyl sites for hydroxylation is 2. The number of thiol groups is 1. The van der Waals surface area contributed by atoms with Crippen LogP contribution in [0.2, 0.25) is 0 Å². The van der Waals surface area contributed by atoms with Gasteiger partial charge in [0.05, 0.1) is 22.9 Å². The third-order valence-corrected chi connectivity index (χ3v) is 5.92. The van der Waals surface area contributed by atoms with Crippen LogP contribution in [0, 0.1) is 6.92 Å². The average molecular weight is 429 g/mol. The van der Waals surface area contributed by atoms with Crippen molar-refractivity contribution >= 4 is 34.7 Å². The van der Waals surface area contributed by atoms with Crippen molar-refractivity contribution in [3.05, 3.63) is 94.2 Å². The highest BCUT2D eigenvalue weighted by Gasteiger charge is 2.23. The standard InChI is InChI=1S/C23H20N6OS/c1-14-6-5-9-16-17(14)23(30)29(11-10-15-7-3-2-4-8-15)22(28-16)20(31)18-19-21(26-12-24-18)27-13-25-19/h2-9,12-13,20,31H,10-11H2,1H3,(H,24,25,26,27). The van der Waals surface area contributed by atoms with E-state index in [1.54, 1.807) is 10.9 Å². The molecule has 1 unspecified atom stereocenters. The average Bonchev–Trinajstić information content (AvgIpc) is 3.27. The largest absolute Gasteiger partial charge is 0.342 e. The molecule has 0 aliphatic rings. The van der Waals surface area contributed by atoms with Crippen LogP contribution in [0.4, 0.5) is 0 Å². The molecule has 5 rings (SSSR count). The van der Waals surface area contributed by atoms with Gasteiger partial charge in [0.25, 0.3) is 5.56 Å². The molecule has 0 saturated heterocycles. The van der Waals surface area contributed by atoms with Gasteiger partial charge in [-0.05, 0) is 30.5 Å². The Kier molecular flexibility index (Phi) is 4.99. The Morgan fingerprint density at radius 2 is 1.90 bits per heavy atom. The van der Waals surface area contributed by atoms with Gasteiger partial charge in [-0.2, -0.15) is 12.6 Å². The number of benzene rings is 2. The summed E-state index contributed by atoms with van der Waals surface area (Å²) in [6.45, 7) is 2.42. The Balaban J connectivity index is 1.68. The minimum Gasteiger partial charge on any atom is -0.342 e. The number of nitrogens with one attached hydrogen (secondary N) is 1. The van der Waals surface area contributed by atoms with Gasteiger partial charge in [-0.3, -0.25) is 9.36 Å². The molecule has 1 N–H and O–H groups in total. The van der Waals surface area contributed by atoms with Crippen molar-refractivity contribution in [1.29, 1.82) is 0 Å². The van der Waals surface area contributed by atoms with Crippen LogP contribution in [0.15, 0.2) is 66.0 Å². The van der Waals surface area contributed by atoms with Crippen LogP contribution in [-0.4, -0.2) is 29.5 Å². The highest BCUT2D eigenvalue weighted by Crippen LogP contribution is 2.29. The second-order valence-corrected chi connectivity index (χ2v) is 7.91. The molecule has 0 amide bonds. The fraction of sp³-hybridized carbons (Fsp3) is 0.174. The molecule has 2 aromatic carbocycles. The molecule has 3 aromatic heterocycles. The Labute approximate surface area is 183 Å². The molecule has 1 atom stereocenters. The first kappa shape index (κ1) is 19.4. The van der Waals surface area contributed by atoms with E-state index in [2.05, 4.69) is 32.1 Å². The fourth-order valence-corrected chi connectivity index (χ4v) is 4.26. The van der Waals surface area contributed by atoms with Gasteiger partial charge in [-0.15, -0.1) is 0 Å². The first-order chi connectivity index (χ1) is 15.1. The lowest BCUT2D eigenvalue weighted by Gasteiger charge is -2.18. The quantitative estimate of drug-likeness (QED) is 0.417. The molecule has 0 fully saturated rings. The zero-order chi connectivity index (χ0) is 21.4. The number of aromatic nitrogens is 6. The number of imidazole rings is 1. The lowest BCUT2D eigenvalue weighted by Crippen LogP contribution is -2.28. The summed E-state index contributed by atoms with van der Waals surface area (Å²) >= 11 is 4.85. The Morgan fingerprint density at radius 1 is 1.06 bits per heavy atom. The van der Waals surface area contributed by atoms with Crippen molar-refractivity contribution in [1.82, 2.24) is 29.5 Å². The van der Waals surface area contributed by atoms with E-state index in [1.807, 2.05) is 43.3 Å². The number of rotatable bonds is 5. The molecule has 3 heterocycles. The molecular weight excluding hydrogens is 408 g/mol. The summed E-state index contributed by atoms with van der Waals surface area (Å²) in [6, 6.07) is 15.8. The summed E-state index contributed by atoms with van der Waals surface area (Å²) in [7, 11) is 0. The number of H-pyrrole nitrogens is 1. The van der Waals surface area contributed by atoms with E-state index in [9.17, 15) is 4.79 Å². The number of fused-ring (bicyclic) bond motifs is 2. The van der Waals surface area contributed by atoms with E-state index in [-0.39, 0.29) is 5.56 Å². The van der Waals surface area contributed by atoms with Crippen LogP contribution in [-0.2, 0) is 13.0 Å². The Hall–Kier alpha value is -3.52. The van der Waals surface area contributed by atoms with Gasteiger partial charge in [0.15, 0.2) is 5.65 Å². The minimum atomic E-state index is -0.528. The Morgan fingerprint density at radius 3 is 2.74 bits per heavy atom. The van der Waals surface area contributed by atoms with Crippen LogP contribution in [0.1, 0.15) is 27.9 Å². The highest BCUT2D eigenvalue weighted by atomic mass is 32.1. The van der Waals surface area contributed by atoms with Crippen LogP contribution < -0.4 is 5.56 Å². The molecule has 0 aliphatic carbocycles. The highest BCUT2D eigenvalue weighted by molar-refractivity contribution is 7.80. The molecule has 8 heteroatoms. The number of nitrogens with zero attached hydrogens (tertiary/aromatic N) is 5. The fourth-order valence-electron chi connectivity index (χ4n) is 3.87. The van der Waals surface area contributed by atoms with Gasteiger partial charge in [-0.1, -0.05) is 42.5 Å². The van der Waals surface area contributed by atoms with Gasteiger partial charge in [0, 0.05) is 6.54 Å². The van der Waals surface area contributed by atoms with E-state index in [0.717, 1.165) is 11.1 Å².